The number of aromatic nitrogens is 1. The number of nitrogens with one attached hydrogen (secondary N) is 1. The summed E-state index contributed by atoms with van der Waals surface area (Å²) in [5.41, 5.74) is 0.229. The minimum atomic E-state index is -3.80. The van der Waals surface area contributed by atoms with Gasteiger partial charge in [0.25, 0.3) is 5.91 Å². The predicted molar refractivity (Wildman–Crippen MR) is 115 cm³/mol. The molecule has 1 aliphatic rings. The average Bonchev–Trinajstić information content (AvgIpc) is 2.78. The molecule has 1 saturated heterocycles. The normalized spacial score (nSPS) is 16.8. The summed E-state index contributed by atoms with van der Waals surface area (Å²) in [6.07, 6.45) is 2.92. The first-order valence-corrected chi connectivity index (χ1v) is 11.3. The first-order valence-electron chi connectivity index (χ1n) is 9.85. The quantitative estimate of drug-likeness (QED) is 0.725. The van der Waals surface area contributed by atoms with E-state index in [1.165, 1.54) is 39.4 Å². The minimum absolute atomic E-state index is 0.0766. The van der Waals surface area contributed by atoms with Crippen LogP contribution in [0.5, 0.6) is 5.75 Å². The standard InChI is InChI=1S/C21H26N4O5S/c1-24(2)31(28,29)18-13-15(9-10-17(18)30-3)21(27)25-12-6-7-16(14-25)20(26)23-19-8-4-5-11-22-19/h4-5,8-11,13,16H,6-7,12,14H2,1-3H3,(H,22,23,26)/t16-/m1/s1. The Balaban J connectivity index is 1.78. The molecule has 0 spiro atoms. The Labute approximate surface area is 182 Å². The summed E-state index contributed by atoms with van der Waals surface area (Å²) < 4.78 is 31.5. The van der Waals surface area contributed by atoms with E-state index in [-0.39, 0.29) is 40.5 Å². The number of piperidine rings is 1. The third-order valence-corrected chi connectivity index (χ3v) is 7.00. The molecule has 2 aromatic rings. The van der Waals surface area contributed by atoms with Crippen LogP contribution in [0.4, 0.5) is 5.82 Å². The van der Waals surface area contributed by atoms with Crippen LogP contribution in [-0.2, 0) is 14.8 Å². The molecule has 31 heavy (non-hydrogen) atoms. The number of carbonyl (C=O) groups is 2. The fourth-order valence-electron chi connectivity index (χ4n) is 3.43. The summed E-state index contributed by atoms with van der Waals surface area (Å²) in [5.74, 6) is -0.265. The second-order valence-electron chi connectivity index (χ2n) is 7.45. The summed E-state index contributed by atoms with van der Waals surface area (Å²) in [6.45, 7) is 0.743. The fraction of sp³-hybridized carbons (Fsp3) is 0.381. The Hall–Kier alpha value is -2.98. The van der Waals surface area contributed by atoms with E-state index in [0.29, 0.717) is 25.2 Å². The molecule has 0 aliphatic carbocycles. The monoisotopic (exact) mass is 446 g/mol. The van der Waals surface area contributed by atoms with Gasteiger partial charge in [-0.05, 0) is 43.2 Å². The summed E-state index contributed by atoms with van der Waals surface area (Å²) in [4.78, 5) is 31.3. The number of carbonyl (C=O) groups excluding carboxylic acids is 2. The van der Waals surface area contributed by atoms with Gasteiger partial charge in [-0.2, -0.15) is 0 Å². The van der Waals surface area contributed by atoms with Gasteiger partial charge >= 0.3 is 0 Å². The van der Waals surface area contributed by atoms with Crippen LogP contribution in [-0.4, -0.2) is 68.7 Å². The van der Waals surface area contributed by atoms with Gasteiger partial charge in [0, 0.05) is 38.9 Å². The molecule has 1 aromatic carbocycles. The molecule has 1 aromatic heterocycles. The van der Waals surface area contributed by atoms with E-state index in [4.69, 9.17) is 4.74 Å². The maximum atomic E-state index is 13.1. The van der Waals surface area contributed by atoms with Crippen molar-refractivity contribution in [1.29, 1.82) is 0 Å². The number of hydrogen-bond donors (Lipinski definition) is 1. The van der Waals surface area contributed by atoms with Crippen molar-refractivity contribution < 1.29 is 22.7 Å². The molecule has 0 radical (unpaired) electrons. The molecule has 0 unspecified atom stereocenters. The Morgan fingerprint density at radius 2 is 2.00 bits per heavy atom. The molecule has 1 fully saturated rings. The fourth-order valence-corrected chi connectivity index (χ4v) is 4.51. The van der Waals surface area contributed by atoms with Crippen LogP contribution in [0.25, 0.3) is 0 Å². The van der Waals surface area contributed by atoms with Gasteiger partial charge in [-0.25, -0.2) is 17.7 Å². The second-order valence-corrected chi connectivity index (χ2v) is 9.57. The topological polar surface area (TPSA) is 109 Å². The molecule has 166 valence electrons. The van der Waals surface area contributed by atoms with Crippen molar-refractivity contribution in [2.24, 2.45) is 5.92 Å². The van der Waals surface area contributed by atoms with Crippen LogP contribution >= 0.6 is 0 Å². The van der Waals surface area contributed by atoms with E-state index in [1.807, 2.05) is 0 Å². The molecule has 9 nitrogen and oxygen atoms in total. The molecular formula is C21H26N4O5S. The molecule has 2 amide bonds. The molecule has 2 heterocycles. The molecule has 1 atom stereocenters. The number of amides is 2. The number of methoxy groups -OCH3 is 1. The number of likely N-dealkylation sites (tertiary alicyclic amines) is 1. The maximum Gasteiger partial charge on any atom is 0.253 e. The van der Waals surface area contributed by atoms with Gasteiger partial charge in [-0.3, -0.25) is 9.59 Å². The highest BCUT2D eigenvalue weighted by molar-refractivity contribution is 7.89. The van der Waals surface area contributed by atoms with E-state index >= 15 is 0 Å². The van der Waals surface area contributed by atoms with Crippen molar-refractivity contribution in [3.05, 3.63) is 48.2 Å². The van der Waals surface area contributed by atoms with Crippen LogP contribution in [0.2, 0.25) is 0 Å². The third-order valence-electron chi connectivity index (χ3n) is 5.16. The first-order chi connectivity index (χ1) is 14.7. The number of sulfonamides is 1. The highest BCUT2D eigenvalue weighted by Crippen LogP contribution is 2.28. The van der Waals surface area contributed by atoms with E-state index < -0.39 is 10.0 Å². The molecule has 0 saturated carbocycles. The van der Waals surface area contributed by atoms with Crippen LogP contribution in [0.1, 0.15) is 23.2 Å². The van der Waals surface area contributed by atoms with E-state index in [9.17, 15) is 18.0 Å². The second kappa shape index (κ2) is 9.44. The number of rotatable bonds is 6. The average molecular weight is 447 g/mol. The van der Waals surface area contributed by atoms with Crippen LogP contribution in [0.3, 0.4) is 0 Å². The van der Waals surface area contributed by atoms with Gasteiger partial charge in [0.2, 0.25) is 15.9 Å². The van der Waals surface area contributed by atoms with Crippen molar-refractivity contribution >= 4 is 27.7 Å². The number of benzene rings is 1. The number of nitrogens with zero attached hydrogens (tertiary/aromatic N) is 3. The first kappa shape index (κ1) is 22.7. The Bertz CT molecular complexity index is 1060. The largest absolute Gasteiger partial charge is 0.495 e. The number of pyridine rings is 1. The molecule has 10 heteroatoms. The van der Waals surface area contributed by atoms with Gasteiger partial charge in [0.15, 0.2) is 0 Å². The van der Waals surface area contributed by atoms with Crippen molar-refractivity contribution in [3.8, 4) is 5.75 Å². The van der Waals surface area contributed by atoms with Crippen LogP contribution < -0.4 is 10.1 Å². The highest BCUT2D eigenvalue weighted by atomic mass is 32.2. The summed E-state index contributed by atoms with van der Waals surface area (Å²) in [7, 11) is 0.408. The smallest absolute Gasteiger partial charge is 0.253 e. The molecule has 3 rings (SSSR count). The molecule has 0 bridgehead atoms. The highest BCUT2D eigenvalue weighted by Gasteiger charge is 2.30. The summed E-state index contributed by atoms with van der Waals surface area (Å²) in [6, 6.07) is 9.58. The minimum Gasteiger partial charge on any atom is -0.495 e. The SMILES string of the molecule is COc1ccc(C(=O)N2CCC[C@@H](C(=O)Nc3ccccn3)C2)cc1S(=O)(=O)N(C)C. The van der Waals surface area contributed by atoms with E-state index in [1.54, 1.807) is 29.3 Å². The zero-order valence-electron chi connectivity index (χ0n) is 17.7. The summed E-state index contributed by atoms with van der Waals surface area (Å²) in [5, 5.41) is 2.78. The van der Waals surface area contributed by atoms with Gasteiger partial charge in [0.05, 0.1) is 13.0 Å². The van der Waals surface area contributed by atoms with Crippen molar-refractivity contribution in [2.75, 3.05) is 39.6 Å². The van der Waals surface area contributed by atoms with Gasteiger partial charge in [0.1, 0.15) is 16.5 Å². The van der Waals surface area contributed by atoms with Gasteiger partial charge < -0.3 is 15.0 Å². The Morgan fingerprint density at radius 1 is 1.23 bits per heavy atom. The number of ether oxygens (including phenoxy) is 1. The lowest BCUT2D eigenvalue weighted by atomic mass is 9.96. The lowest BCUT2D eigenvalue weighted by Crippen LogP contribution is -2.43. The van der Waals surface area contributed by atoms with Gasteiger partial charge in [-0.1, -0.05) is 6.07 Å². The lowest BCUT2D eigenvalue weighted by molar-refractivity contribution is -0.121. The predicted octanol–water partition coefficient (Wildman–Crippen LogP) is 1.83. The van der Waals surface area contributed by atoms with Crippen molar-refractivity contribution in [1.82, 2.24) is 14.2 Å². The van der Waals surface area contributed by atoms with E-state index in [0.717, 1.165) is 4.31 Å². The molecule has 1 N–H and O–H groups in total. The van der Waals surface area contributed by atoms with Crippen LogP contribution in [0, 0.1) is 5.92 Å². The molecule has 1 aliphatic heterocycles. The van der Waals surface area contributed by atoms with E-state index in [2.05, 4.69) is 10.3 Å². The number of hydrogen-bond acceptors (Lipinski definition) is 6. The summed E-state index contributed by atoms with van der Waals surface area (Å²) >= 11 is 0. The van der Waals surface area contributed by atoms with Gasteiger partial charge in [-0.15, -0.1) is 0 Å². The Morgan fingerprint density at radius 3 is 2.65 bits per heavy atom. The van der Waals surface area contributed by atoms with Crippen molar-refractivity contribution in [2.45, 2.75) is 17.7 Å². The zero-order valence-corrected chi connectivity index (χ0v) is 18.6. The number of anilines is 1. The third kappa shape index (κ3) is 5.02. The lowest BCUT2D eigenvalue weighted by Gasteiger charge is -2.32. The molecular weight excluding hydrogens is 420 g/mol. The van der Waals surface area contributed by atoms with Crippen molar-refractivity contribution in [3.63, 3.8) is 0 Å². The van der Waals surface area contributed by atoms with Crippen LogP contribution in [0.15, 0.2) is 47.5 Å². The maximum absolute atomic E-state index is 13.1. The Kier molecular flexibility index (Phi) is 6.91. The zero-order chi connectivity index (χ0) is 22.6.